The van der Waals surface area contributed by atoms with Crippen LogP contribution in [0.15, 0.2) is 47.4 Å². The number of carbonyl (C=O) groups excluding carboxylic acids is 1. The number of nitro groups is 1. The van der Waals surface area contributed by atoms with Crippen LogP contribution in [-0.2, 0) is 14.8 Å². The molecular formula is C18H21N3O7S. The molecule has 156 valence electrons. The highest BCUT2D eigenvalue weighted by Gasteiger charge is 2.28. The molecule has 0 aromatic heterocycles. The SMILES string of the molecule is CCOc1ccc(OC(C)C(=O)NNS(=O)(=O)c2c(C)cccc2[N+](=O)[O-])cc1. The summed E-state index contributed by atoms with van der Waals surface area (Å²) in [6.07, 6.45) is -1.04. The third-order valence-corrected chi connectivity index (χ3v) is 5.22. The summed E-state index contributed by atoms with van der Waals surface area (Å²) in [6, 6.07) is 10.4. The van der Waals surface area contributed by atoms with Gasteiger partial charge in [-0.05, 0) is 50.6 Å². The molecule has 1 amide bonds. The van der Waals surface area contributed by atoms with Crippen LogP contribution in [0, 0.1) is 17.0 Å². The lowest BCUT2D eigenvalue weighted by atomic mass is 10.2. The normalized spacial score (nSPS) is 12.1. The lowest BCUT2D eigenvalue weighted by Gasteiger charge is -2.16. The number of nitro benzene ring substituents is 1. The number of carbonyl (C=O) groups is 1. The molecule has 2 N–H and O–H groups in total. The first kappa shape index (κ1) is 22.1. The zero-order valence-electron chi connectivity index (χ0n) is 16.0. The molecule has 2 aromatic rings. The molecule has 1 unspecified atom stereocenters. The molecule has 11 heteroatoms. The summed E-state index contributed by atoms with van der Waals surface area (Å²) in [6.45, 7) is 5.21. The summed E-state index contributed by atoms with van der Waals surface area (Å²) < 4.78 is 35.7. The first-order valence-electron chi connectivity index (χ1n) is 8.61. The minimum atomic E-state index is -4.38. The van der Waals surface area contributed by atoms with Gasteiger partial charge in [-0.1, -0.05) is 12.1 Å². The van der Waals surface area contributed by atoms with Gasteiger partial charge in [-0.15, -0.1) is 4.83 Å². The van der Waals surface area contributed by atoms with Gasteiger partial charge < -0.3 is 9.47 Å². The van der Waals surface area contributed by atoms with Gasteiger partial charge in [-0.2, -0.15) is 0 Å². The Kier molecular flexibility index (Phi) is 7.13. The standard InChI is InChI=1S/C18H21N3O7S/c1-4-27-14-8-10-15(11-9-14)28-13(3)18(22)19-20-29(25,26)17-12(2)6-5-7-16(17)21(23)24/h5-11,13,20H,4H2,1-3H3,(H,19,22). The minimum absolute atomic E-state index is 0.166. The van der Waals surface area contributed by atoms with Gasteiger partial charge >= 0.3 is 0 Å². The molecule has 0 fully saturated rings. The summed E-state index contributed by atoms with van der Waals surface area (Å²) in [4.78, 5) is 23.9. The van der Waals surface area contributed by atoms with Gasteiger partial charge in [0.05, 0.1) is 11.5 Å². The molecule has 0 bridgehead atoms. The monoisotopic (exact) mass is 423 g/mol. The number of amides is 1. The van der Waals surface area contributed by atoms with Crippen molar-refractivity contribution < 1.29 is 27.6 Å². The second kappa shape index (κ2) is 9.34. The summed E-state index contributed by atoms with van der Waals surface area (Å²) in [5.74, 6) is 0.247. The number of hydrogen-bond acceptors (Lipinski definition) is 7. The molecule has 0 heterocycles. The molecule has 0 saturated heterocycles. The molecule has 10 nitrogen and oxygen atoms in total. The minimum Gasteiger partial charge on any atom is -0.494 e. The Morgan fingerprint density at radius 3 is 2.38 bits per heavy atom. The second-order valence-electron chi connectivity index (χ2n) is 5.94. The molecule has 2 rings (SSSR count). The van der Waals surface area contributed by atoms with E-state index in [4.69, 9.17) is 9.47 Å². The van der Waals surface area contributed by atoms with Crippen LogP contribution >= 0.6 is 0 Å². The molecule has 0 aliphatic rings. The average Bonchev–Trinajstić information content (AvgIpc) is 2.67. The van der Waals surface area contributed by atoms with E-state index in [1.807, 2.05) is 17.2 Å². The number of rotatable bonds is 9. The fourth-order valence-electron chi connectivity index (χ4n) is 2.44. The van der Waals surface area contributed by atoms with Gasteiger partial charge in [-0.25, -0.2) is 8.42 Å². The fraction of sp³-hybridized carbons (Fsp3) is 0.278. The quantitative estimate of drug-likeness (QED) is 0.465. The Balaban J connectivity index is 2.05. The maximum Gasteiger partial charge on any atom is 0.289 e. The first-order chi connectivity index (χ1) is 13.7. The van der Waals surface area contributed by atoms with Gasteiger partial charge in [0.15, 0.2) is 11.0 Å². The number of aryl methyl sites for hydroxylation is 1. The number of benzene rings is 2. The van der Waals surface area contributed by atoms with Gasteiger partial charge in [0.2, 0.25) is 0 Å². The molecule has 0 spiro atoms. The number of nitrogens with one attached hydrogen (secondary N) is 2. The number of hydrogen-bond donors (Lipinski definition) is 2. The van der Waals surface area contributed by atoms with E-state index in [0.29, 0.717) is 18.1 Å². The summed E-state index contributed by atoms with van der Waals surface area (Å²) >= 11 is 0. The van der Waals surface area contributed by atoms with Crippen molar-refractivity contribution in [1.29, 1.82) is 0 Å². The van der Waals surface area contributed by atoms with Crippen LogP contribution in [0.5, 0.6) is 11.5 Å². The van der Waals surface area contributed by atoms with Crippen molar-refractivity contribution in [2.75, 3.05) is 6.61 Å². The summed E-state index contributed by atoms with van der Waals surface area (Å²) in [5, 5.41) is 11.1. The fourth-order valence-corrected chi connectivity index (χ4v) is 3.69. The maximum absolute atomic E-state index is 12.5. The second-order valence-corrected chi connectivity index (χ2v) is 7.56. The highest BCUT2D eigenvalue weighted by atomic mass is 32.2. The average molecular weight is 423 g/mol. The highest BCUT2D eigenvalue weighted by molar-refractivity contribution is 7.89. The Bertz CT molecular complexity index is 991. The predicted molar refractivity (Wildman–Crippen MR) is 104 cm³/mol. The van der Waals surface area contributed by atoms with Gasteiger partial charge in [-0.3, -0.25) is 20.3 Å². The third kappa shape index (κ3) is 5.65. The largest absolute Gasteiger partial charge is 0.494 e. The zero-order chi connectivity index (χ0) is 21.6. The Hall–Kier alpha value is -3.18. The molecule has 2 aromatic carbocycles. The highest BCUT2D eigenvalue weighted by Crippen LogP contribution is 2.26. The molecule has 1 atom stereocenters. The van der Waals surface area contributed by atoms with E-state index < -0.39 is 37.5 Å². The van der Waals surface area contributed by atoms with E-state index in [1.165, 1.54) is 26.0 Å². The first-order valence-corrected chi connectivity index (χ1v) is 10.1. The van der Waals surface area contributed by atoms with Crippen LogP contribution < -0.4 is 19.7 Å². The van der Waals surface area contributed by atoms with Crippen molar-refractivity contribution in [2.24, 2.45) is 0 Å². The van der Waals surface area contributed by atoms with E-state index in [2.05, 4.69) is 0 Å². The van der Waals surface area contributed by atoms with Crippen LogP contribution in [0.2, 0.25) is 0 Å². The maximum atomic E-state index is 12.5. The third-order valence-electron chi connectivity index (χ3n) is 3.78. The number of sulfonamides is 1. The van der Waals surface area contributed by atoms with Crippen LogP contribution in [0.1, 0.15) is 19.4 Å². The van der Waals surface area contributed by atoms with Crippen LogP contribution in [0.4, 0.5) is 5.69 Å². The van der Waals surface area contributed by atoms with Gasteiger partial charge in [0.1, 0.15) is 11.5 Å². The molecule has 0 saturated carbocycles. The van der Waals surface area contributed by atoms with E-state index in [1.54, 1.807) is 24.3 Å². The number of nitrogens with zero attached hydrogens (tertiary/aromatic N) is 1. The van der Waals surface area contributed by atoms with Gasteiger partial charge in [0.25, 0.3) is 21.6 Å². The summed E-state index contributed by atoms with van der Waals surface area (Å²) in [7, 11) is -4.38. The van der Waals surface area contributed by atoms with Crippen LogP contribution in [0.25, 0.3) is 0 Å². The molecule has 29 heavy (non-hydrogen) atoms. The topological polar surface area (TPSA) is 137 Å². The number of ether oxygens (including phenoxy) is 2. The van der Waals surface area contributed by atoms with Crippen molar-refractivity contribution in [2.45, 2.75) is 31.8 Å². The van der Waals surface area contributed by atoms with E-state index in [9.17, 15) is 23.3 Å². The van der Waals surface area contributed by atoms with Crippen LogP contribution in [-0.4, -0.2) is 32.0 Å². The van der Waals surface area contributed by atoms with E-state index in [0.717, 1.165) is 6.07 Å². The molecule has 0 radical (unpaired) electrons. The lowest BCUT2D eigenvalue weighted by molar-refractivity contribution is -0.387. The van der Waals surface area contributed by atoms with Crippen molar-refractivity contribution in [3.8, 4) is 11.5 Å². The number of hydrazine groups is 1. The van der Waals surface area contributed by atoms with E-state index in [-0.39, 0.29) is 5.56 Å². The van der Waals surface area contributed by atoms with Crippen molar-refractivity contribution in [3.63, 3.8) is 0 Å². The summed E-state index contributed by atoms with van der Waals surface area (Å²) in [5.41, 5.74) is 1.59. The zero-order valence-corrected chi connectivity index (χ0v) is 16.9. The van der Waals surface area contributed by atoms with Crippen molar-refractivity contribution in [3.05, 3.63) is 58.1 Å². The molecular weight excluding hydrogens is 402 g/mol. The van der Waals surface area contributed by atoms with Crippen molar-refractivity contribution >= 4 is 21.6 Å². The predicted octanol–water partition coefficient (Wildman–Crippen LogP) is 2.08. The molecule has 0 aliphatic carbocycles. The smallest absolute Gasteiger partial charge is 0.289 e. The Morgan fingerprint density at radius 2 is 1.79 bits per heavy atom. The Morgan fingerprint density at radius 1 is 1.17 bits per heavy atom. The van der Waals surface area contributed by atoms with E-state index >= 15 is 0 Å². The molecule has 0 aliphatic heterocycles. The Labute approximate surface area is 168 Å². The van der Waals surface area contributed by atoms with Gasteiger partial charge in [0, 0.05) is 6.07 Å². The van der Waals surface area contributed by atoms with Crippen molar-refractivity contribution in [1.82, 2.24) is 10.3 Å². The van der Waals surface area contributed by atoms with Crippen LogP contribution in [0.3, 0.4) is 0 Å². The lowest BCUT2D eigenvalue weighted by Crippen LogP contribution is -2.47.